The summed E-state index contributed by atoms with van der Waals surface area (Å²) in [7, 11) is 0. The van der Waals surface area contributed by atoms with Gasteiger partial charge in [0, 0.05) is 19.6 Å². The molecule has 108 valence electrons. The van der Waals surface area contributed by atoms with Gasteiger partial charge in [0.15, 0.2) is 0 Å². The molecule has 0 aromatic rings. The molecule has 2 heterocycles. The number of amides is 1. The lowest BCUT2D eigenvalue weighted by Crippen LogP contribution is -2.44. The Morgan fingerprint density at radius 2 is 1.74 bits per heavy atom. The van der Waals surface area contributed by atoms with Gasteiger partial charge in [-0.2, -0.15) is 0 Å². The minimum Gasteiger partial charge on any atom is -0.481 e. The third kappa shape index (κ3) is 3.69. The number of piperidine rings is 1. The highest BCUT2D eigenvalue weighted by atomic mass is 16.4. The Hall–Kier alpha value is -1.10. The van der Waals surface area contributed by atoms with Crippen LogP contribution < -0.4 is 0 Å². The molecule has 0 aromatic heterocycles. The van der Waals surface area contributed by atoms with Crippen LogP contribution in [0.15, 0.2) is 0 Å². The first-order valence-corrected chi connectivity index (χ1v) is 7.32. The van der Waals surface area contributed by atoms with Crippen molar-refractivity contribution in [3.63, 3.8) is 0 Å². The van der Waals surface area contributed by atoms with Crippen LogP contribution in [0.5, 0.6) is 0 Å². The topological polar surface area (TPSA) is 60.9 Å². The number of hydrogen-bond donors (Lipinski definition) is 1. The fourth-order valence-electron chi connectivity index (χ4n) is 3.05. The van der Waals surface area contributed by atoms with Crippen LogP contribution in [0.3, 0.4) is 0 Å². The molecule has 2 fully saturated rings. The van der Waals surface area contributed by atoms with Gasteiger partial charge in [-0.1, -0.05) is 0 Å². The number of carboxylic acids is 1. The highest BCUT2D eigenvalue weighted by Crippen LogP contribution is 2.21. The van der Waals surface area contributed by atoms with Gasteiger partial charge in [0.1, 0.15) is 5.92 Å². The number of carbonyl (C=O) groups is 2. The van der Waals surface area contributed by atoms with Crippen molar-refractivity contribution in [2.75, 3.05) is 32.7 Å². The van der Waals surface area contributed by atoms with Crippen molar-refractivity contribution in [2.45, 2.75) is 32.6 Å². The largest absolute Gasteiger partial charge is 0.481 e. The van der Waals surface area contributed by atoms with E-state index in [9.17, 15) is 9.59 Å². The molecule has 1 N–H and O–H groups in total. The van der Waals surface area contributed by atoms with Crippen LogP contribution in [0.2, 0.25) is 0 Å². The molecule has 2 aliphatic rings. The minimum atomic E-state index is -1.02. The Morgan fingerprint density at radius 3 is 2.26 bits per heavy atom. The summed E-state index contributed by atoms with van der Waals surface area (Å²) in [5.41, 5.74) is 0. The van der Waals surface area contributed by atoms with Crippen molar-refractivity contribution in [3.05, 3.63) is 0 Å². The second-order valence-electron chi connectivity index (χ2n) is 5.84. The normalized spacial score (nSPS) is 23.5. The van der Waals surface area contributed by atoms with Gasteiger partial charge in [0.25, 0.3) is 0 Å². The molecule has 1 atom stereocenters. The highest BCUT2D eigenvalue weighted by Gasteiger charge is 2.30. The van der Waals surface area contributed by atoms with Crippen LogP contribution in [0.25, 0.3) is 0 Å². The van der Waals surface area contributed by atoms with Crippen molar-refractivity contribution >= 4 is 11.9 Å². The van der Waals surface area contributed by atoms with Gasteiger partial charge in [0.2, 0.25) is 5.91 Å². The Labute approximate surface area is 114 Å². The first-order chi connectivity index (χ1) is 9.08. The van der Waals surface area contributed by atoms with Gasteiger partial charge in [-0.15, -0.1) is 0 Å². The van der Waals surface area contributed by atoms with Gasteiger partial charge >= 0.3 is 5.97 Å². The van der Waals surface area contributed by atoms with Gasteiger partial charge < -0.3 is 14.9 Å². The predicted octanol–water partition coefficient (Wildman–Crippen LogP) is 1.04. The van der Waals surface area contributed by atoms with Crippen LogP contribution in [-0.4, -0.2) is 59.5 Å². The van der Waals surface area contributed by atoms with E-state index in [4.69, 9.17) is 5.11 Å². The second kappa shape index (κ2) is 6.37. The fraction of sp³-hybridized carbons (Fsp3) is 0.857. The molecule has 0 bridgehead atoms. The summed E-state index contributed by atoms with van der Waals surface area (Å²) in [4.78, 5) is 27.0. The molecule has 5 nitrogen and oxygen atoms in total. The van der Waals surface area contributed by atoms with Crippen LogP contribution in [0.4, 0.5) is 0 Å². The summed E-state index contributed by atoms with van der Waals surface area (Å²) in [6.07, 6.45) is 4.64. The molecule has 0 saturated carbocycles. The maximum absolute atomic E-state index is 11.9. The zero-order valence-electron chi connectivity index (χ0n) is 11.7. The first-order valence-electron chi connectivity index (χ1n) is 7.32. The Bertz CT molecular complexity index is 332. The zero-order valence-corrected chi connectivity index (χ0v) is 11.7. The Morgan fingerprint density at radius 1 is 1.16 bits per heavy atom. The molecule has 0 aromatic carbocycles. The van der Waals surface area contributed by atoms with Gasteiger partial charge in [-0.25, -0.2) is 0 Å². The van der Waals surface area contributed by atoms with E-state index >= 15 is 0 Å². The molecule has 0 radical (unpaired) electrons. The summed E-state index contributed by atoms with van der Waals surface area (Å²) >= 11 is 0. The number of hydrogen-bond acceptors (Lipinski definition) is 3. The molecule has 19 heavy (non-hydrogen) atoms. The lowest BCUT2D eigenvalue weighted by atomic mass is 9.95. The lowest BCUT2D eigenvalue weighted by molar-refractivity contribution is -0.150. The fourth-order valence-corrected chi connectivity index (χ4v) is 3.05. The molecule has 2 saturated heterocycles. The molecule has 2 aliphatic heterocycles. The van der Waals surface area contributed by atoms with E-state index in [1.807, 2.05) is 0 Å². The van der Waals surface area contributed by atoms with Crippen LogP contribution in [0.1, 0.15) is 32.6 Å². The quantitative estimate of drug-likeness (QED) is 0.774. The molecular formula is C14H24N2O3. The van der Waals surface area contributed by atoms with E-state index in [-0.39, 0.29) is 5.91 Å². The number of carboxylic acid groups (broad SMARTS) is 1. The molecule has 1 unspecified atom stereocenters. The number of likely N-dealkylation sites (tertiary alicyclic amines) is 2. The predicted molar refractivity (Wildman–Crippen MR) is 71.8 cm³/mol. The lowest BCUT2D eigenvalue weighted by Gasteiger charge is -2.34. The molecule has 0 aliphatic carbocycles. The minimum absolute atomic E-state index is 0.230. The summed E-state index contributed by atoms with van der Waals surface area (Å²) in [6, 6.07) is 0. The Balaban J connectivity index is 1.75. The molecule has 1 amide bonds. The first kappa shape index (κ1) is 14.3. The van der Waals surface area contributed by atoms with Gasteiger partial charge in [0.05, 0.1) is 0 Å². The van der Waals surface area contributed by atoms with E-state index in [1.54, 1.807) is 4.90 Å². The van der Waals surface area contributed by atoms with Crippen molar-refractivity contribution in [3.8, 4) is 0 Å². The van der Waals surface area contributed by atoms with Gasteiger partial charge in [-0.05, 0) is 51.6 Å². The average Bonchev–Trinajstić information content (AvgIpc) is 2.90. The van der Waals surface area contributed by atoms with Crippen LogP contribution in [-0.2, 0) is 9.59 Å². The van der Waals surface area contributed by atoms with Crippen molar-refractivity contribution in [1.82, 2.24) is 9.80 Å². The number of aliphatic carboxylic acids is 1. The van der Waals surface area contributed by atoms with E-state index in [0.29, 0.717) is 5.92 Å². The van der Waals surface area contributed by atoms with E-state index < -0.39 is 11.9 Å². The smallest absolute Gasteiger partial charge is 0.315 e. The summed E-state index contributed by atoms with van der Waals surface area (Å²) in [6.45, 7) is 6.49. The van der Waals surface area contributed by atoms with E-state index in [1.165, 1.54) is 32.9 Å². The Kier molecular flexibility index (Phi) is 4.80. The van der Waals surface area contributed by atoms with E-state index in [2.05, 4.69) is 4.90 Å². The third-order valence-electron chi connectivity index (χ3n) is 4.38. The number of rotatable bonds is 4. The van der Waals surface area contributed by atoms with Crippen molar-refractivity contribution < 1.29 is 14.7 Å². The molecule has 0 spiro atoms. The number of carbonyl (C=O) groups excluding carboxylic acids is 1. The summed E-state index contributed by atoms with van der Waals surface area (Å²) < 4.78 is 0. The maximum Gasteiger partial charge on any atom is 0.315 e. The zero-order chi connectivity index (χ0) is 13.8. The molecule has 5 heteroatoms. The maximum atomic E-state index is 11.9. The molecule has 2 rings (SSSR count). The summed E-state index contributed by atoms with van der Waals surface area (Å²) in [5.74, 6) is -1.49. The monoisotopic (exact) mass is 268 g/mol. The molecular weight excluding hydrogens is 244 g/mol. The van der Waals surface area contributed by atoms with Gasteiger partial charge in [-0.3, -0.25) is 9.59 Å². The second-order valence-corrected chi connectivity index (χ2v) is 5.84. The highest BCUT2D eigenvalue weighted by molar-refractivity contribution is 5.96. The third-order valence-corrected chi connectivity index (χ3v) is 4.38. The van der Waals surface area contributed by atoms with Crippen molar-refractivity contribution in [1.29, 1.82) is 0 Å². The average molecular weight is 268 g/mol. The van der Waals surface area contributed by atoms with Crippen LogP contribution in [0, 0.1) is 11.8 Å². The summed E-state index contributed by atoms with van der Waals surface area (Å²) in [5, 5.41) is 8.87. The van der Waals surface area contributed by atoms with Crippen LogP contribution >= 0.6 is 0 Å². The number of nitrogens with zero attached hydrogens (tertiary/aromatic N) is 2. The standard InChI is InChI=1S/C14H24N2O3/c1-11(14(18)19)13(17)16-8-4-12(5-9-16)10-15-6-2-3-7-15/h11-12H,2-10H2,1H3,(H,18,19). The van der Waals surface area contributed by atoms with E-state index in [0.717, 1.165) is 32.5 Å². The SMILES string of the molecule is CC(C(=O)O)C(=O)N1CCC(CN2CCCC2)CC1. The van der Waals surface area contributed by atoms with Crippen molar-refractivity contribution in [2.24, 2.45) is 11.8 Å².